The summed E-state index contributed by atoms with van der Waals surface area (Å²) in [5, 5.41) is 0. The first-order chi connectivity index (χ1) is 7.61. The summed E-state index contributed by atoms with van der Waals surface area (Å²) in [6, 6.07) is 6.69. The highest BCUT2D eigenvalue weighted by molar-refractivity contribution is 9.10. The van der Waals surface area contributed by atoms with Gasteiger partial charge in [0.25, 0.3) is 0 Å². The lowest BCUT2D eigenvalue weighted by Gasteiger charge is -2.26. The van der Waals surface area contributed by atoms with Gasteiger partial charge in [-0.2, -0.15) is 0 Å². The molecule has 1 aromatic rings. The monoisotopic (exact) mass is 298 g/mol. The Morgan fingerprint density at radius 1 is 1.56 bits per heavy atom. The Morgan fingerprint density at radius 3 is 2.88 bits per heavy atom. The SMILES string of the molecule is CC1CCCN1c1cccc(Br)c1C(N)=S. The van der Waals surface area contributed by atoms with Crippen molar-refractivity contribution < 1.29 is 0 Å². The van der Waals surface area contributed by atoms with Gasteiger partial charge in [0.05, 0.1) is 0 Å². The average Bonchev–Trinajstić information content (AvgIpc) is 2.63. The molecule has 0 saturated carbocycles. The Hall–Kier alpha value is -0.610. The summed E-state index contributed by atoms with van der Waals surface area (Å²) in [7, 11) is 0. The molecule has 16 heavy (non-hydrogen) atoms. The first kappa shape index (κ1) is 11.9. The van der Waals surface area contributed by atoms with Gasteiger partial charge >= 0.3 is 0 Å². The van der Waals surface area contributed by atoms with Gasteiger partial charge in [-0.25, -0.2) is 0 Å². The van der Waals surface area contributed by atoms with Gasteiger partial charge in [-0.1, -0.05) is 18.3 Å². The number of nitrogens with zero attached hydrogens (tertiary/aromatic N) is 1. The second-order valence-electron chi connectivity index (χ2n) is 4.18. The Morgan fingerprint density at radius 2 is 2.31 bits per heavy atom. The predicted octanol–water partition coefficient (Wildman–Crippen LogP) is 3.07. The molecule has 1 fully saturated rings. The topological polar surface area (TPSA) is 29.3 Å². The summed E-state index contributed by atoms with van der Waals surface area (Å²) >= 11 is 8.65. The maximum Gasteiger partial charge on any atom is 0.107 e. The Balaban J connectivity index is 2.47. The second-order valence-corrected chi connectivity index (χ2v) is 5.48. The summed E-state index contributed by atoms with van der Waals surface area (Å²) < 4.78 is 0.983. The number of thiocarbonyl (C=S) groups is 1. The van der Waals surface area contributed by atoms with Crippen LogP contribution in [0.2, 0.25) is 0 Å². The van der Waals surface area contributed by atoms with E-state index in [0.29, 0.717) is 11.0 Å². The van der Waals surface area contributed by atoms with Crippen LogP contribution in [0.5, 0.6) is 0 Å². The van der Waals surface area contributed by atoms with Gasteiger partial charge in [0.1, 0.15) is 4.99 Å². The van der Waals surface area contributed by atoms with Gasteiger partial charge < -0.3 is 10.6 Å². The number of halogens is 1. The lowest BCUT2D eigenvalue weighted by molar-refractivity contribution is 0.734. The van der Waals surface area contributed by atoms with Crippen LogP contribution in [0.3, 0.4) is 0 Å². The third-order valence-electron chi connectivity index (χ3n) is 3.10. The zero-order valence-electron chi connectivity index (χ0n) is 9.24. The van der Waals surface area contributed by atoms with Gasteiger partial charge in [0.2, 0.25) is 0 Å². The molecule has 1 saturated heterocycles. The van der Waals surface area contributed by atoms with E-state index >= 15 is 0 Å². The van der Waals surface area contributed by atoms with Crippen LogP contribution in [-0.4, -0.2) is 17.6 Å². The van der Waals surface area contributed by atoms with Crippen molar-refractivity contribution in [3.05, 3.63) is 28.2 Å². The van der Waals surface area contributed by atoms with Crippen LogP contribution in [-0.2, 0) is 0 Å². The molecule has 0 spiro atoms. The first-order valence-electron chi connectivity index (χ1n) is 5.46. The van der Waals surface area contributed by atoms with Gasteiger partial charge in [-0.15, -0.1) is 0 Å². The van der Waals surface area contributed by atoms with Gasteiger partial charge in [0.15, 0.2) is 0 Å². The second kappa shape index (κ2) is 4.72. The minimum absolute atomic E-state index is 0.460. The highest BCUT2D eigenvalue weighted by atomic mass is 79.9. The summed E-state index contributed by atoms with van der Waals surface area (Å²) in [5.41, 5.74) is 7.93. The zero-order valence-corrected chi connectivity index (χ0v) is 11.6. The van der Waals surface area contributed by atoms with Crippen molar-refractivity contribution in [2.75, 3.05) is 11.4 Å². The van der Waals surface area contributed by atoms with Crippen molar-refractivity contribution in [2.45, 2.75) is 25.8 Å². The van der Waals surface area contributed by atoms with Crippen LogP contribution in [0.15, 0.2) is 22.7 Å². The van der Waals surface area contributed by atoms with Crippen LogP contribution >= 0.6 is 28.1 Å². The fraction of sp³-hybridized carbons (Fsp3) is 0.417. The van der Waals surface area contributed by atoms with Crippen LogP contribution in [0.25, 0.3) is 0 Å². The molecule has 0 bridgehead atoms. The predicted molar refractivity (Wildman–Crippen MR) is 76.1 cm³/mol. The largest absolute Gasteiger partial charge is 0.389 e. The molecule has 0 radical (unpaired) electrons. The quantitative estimate of drug-likeness (QED) is 0.851. The molecule has 1 unspecified atom stereocenters. The molecule has 0 aromatic heterocycles. The van der Waals surface area contributed by atoms with Crippen LogP contribution < -0.4 is 10.6 Å². The zero-order chi connectivity index (χ0) is 11.7. The number of benzene rings is 1. The molecular formula is C12H15BrN2S. The number of hydrogen-bond acceptors (Lipinski definition) is 2. The Labute approximate surface area is 110 Å². The van der Waals surface area contributed by atoms with E-state index in [0.717, 1.165) is 22.3 Å². The molecule has 1 aromatic carbocycles. The maximum absolute atomic E-state index is 5.80. The lowest BCUT2D eigenvalue weighted by Crippen LogP contribution is -2.29. The smallest absolute Gasteiger partial charge is 0.107 e. The third kappa shape index (κ3) is 2.09. The van der Waals surface area contributed by atoms with Crippen molar-refractivity contribution >= 4 is 38.8 Å². The van der Waals surface area contributed by atoms with Crippen molar-refractivity contribution in [1.82, 2.24) is 0 Å². The van der Waals surface area contributed by atoms with Gasteiger partial charge in [-0.3, -0.25) is 0 Å². The number of nitrogens with two attached hydrogens (primary N) is 1. The summed E-state index contributed by atoms with van der Waals surface area (Å²) in [6.45, 7) is 3.34. The number of anilines is 1. The molecular weight excluding hydrogens is 284 g/mol. The van der Waals surface area contributed by atoms with E-state index in [1.54, 1.807) is 0 Å². The lowest BCUT2D eigenvalue weighted by atomic mass is 10.1. The van der Waals surface area contributed by atoms with E-state index in [1.807, 2.05) is 12.1 Å². The minimum Gasteiger partial charge on any atom is -0.389 e. The molecule has 0 amide bonds. The van der Waals surface area contributed by atoms with Crippen LogP contribution in [0.4, 0.5) is 5.69 Å². The van der Waals surface area contributed by atoms with E-state index in [9.17, 15) is 0 Å². The van der Waals surface area contributed by atoms with Gasteiger partial charge in [-0.05, 0) is 47.8 Å². The summed E-state index contributed by atoms with van der Waals surface area (Å²) in [4.78, 5) is 2.85. The molecule has 0 aliphatic carbocycles. The van der Waals surface area contributed by atoms with E-state index in [2.05, 4.69) is 33.8 Å². The minimum atomic E-state index is 0.460. The Kier molecular flexibility index (Phi) is 3.50. The van der Waals surface area contributed by atoms with Crippen molar-refractivity contribution in [3.8, 4) is 0 Å². The molecule has 86 valence electrons. The molecule has 2 N–H and O–H groups in total. The maximum atomic E-state index is 5.80. The molecule has 1 aliphatic rings. The average molecular weight is 299 g/mol. The fourth-order valence-corrected chi connectivity index (χ4v) is 3.20. The number of hydrogen-bond donors (Lipinski definition) is 1. The van der Waals surface area contributed by atoms with E-state index in [-0.39, 0.29) is 0 Å². The first-order valence-corrected chi connectivity index (χ1v) is 6.66. The molecule has 1 heterocycles. The fourth-order valence-electron chi connectivity index (χ4n) is 2.29. The third-order valence-corrected chi connectivity index (χ3v) is 3.97. The normalized spacial score (nSPS) is 20.1. The van der Waals surface area contributed by atoms with Crippen molar-refractivity contribution in [2.24, 2.45) is 5.73 Å². The van der Waals surface area contributed by atoms with Crippen molar-refractivity contribution in [1.29, 1.82) is 0 Å². The molecule has 1 aliphatic heterocycles. The highest BCUT2D eigenvalue weighted by Gasteiger charge is 2.24. The van der Waals surface area contributed by atoms with E-state index < -0.39 is 0 Å². The van der Waals surface area contributed by atoms with Crippen LogP contribution in [0.1, 0.15) is 25.3 Å². The van der Waals surface area contributed by atoms with Crippen molar-refractivity contribution in [3.63, 3.8) is 0 Å². The number of rotatable bonds is 2. The molecule has 4 heteroatoms. The molecule has 2 rings (SSSR count). The summed E-state index contributed by atoms with van der Waals surface area (Å²) in [5.74, 6) is 0. The Bertz CT molecular complexity index is 419. The molecule has 1 atom stereocenters. The highest BCUT2D eigenvalue weighted by Crippen LogP contribution is 2.32. The molecule has 2 nitrogen and oxygen atoms in total. The standard InChI is InChI=1S/C12H15BrN2S/c1-8-4-3-7-15(8)10-6-2-5-9(13)11(10)12(14)16/h2,5-6,8H,3-4,7H2,1H3,(H2,14,16). The van der Waals surface area contributed by atoms with E-state index in [1.165, 1.54) is 12.8 Å². The van der Waals surface area contributed by atoms with Crippen LogP contribution in [0, 0.1) is 0 Å². The van der Waals surface area contributed by atoms with E-state index in [4.69, 9.17) is 18.0 Å². The summed E-state index contributed by atoms with van der Waals surface area (Å²) in [6.07, 6.45) is 2.48. The van der Waals surface area contributed by atoms with Gasteiger partial charge in [0, 0.05) is 28.3 Å².